The Kier molecular flexibility index (Phi) is 4.48. The molecule has 3 heterocycles. The van der Waals surface area contributed by atoms with E-state index in [1.54, 1.807) is 6.07 Å². The molecular weight excluding hydrogens is 307 g/mol. The maximum Gasteiger partial charge on any atom is 0.147 e. The van der Waals surface area contributed by atoms with E-state index in [-0.39, 0.29) is 0 Å². The first-order valence-electron chi connectivity index (χ1n) is 7.60. The molecule has 0 spiro atoms. The first-order valence-corrected chi connectivity index (χ1v) is 8.36. The molecule has 3 rings (SSSR count). The summed E-state index contributed by atoms with van der Waals surface area (Å²) in [7, 11) is 4.07. The highest BCUT2D eigenvalue weighted by Gasteiger charge is 2.36. The summed E-state index contributed by atoms with van der Waals surface area (Å²) in [6, 6.07) is 3.56. The zero-order valence-corrected chi connectivity index (χ0v) is 14.0. The fourth-order valence-corrected chi connectivity index (χ4v) is 4.18. The maximum absolute atomic E-state index is 6.28. The monoisotopic (exact) mass is 328 g/mol. The summed E-state index contributed by atoms with van der Waals surface area (Å²) in [6.45, 7) is 0. The number of piperidine rings is 2. The van der Waals surface area contributed by atoms with E-state index < -0.39 is 0 Å². The van der Waals surface area contributed by atoms with E-state index in [1.807, 2.05) is 7.05 Å². The molecule has 2 aliphatic rings. The molecular formula is C15H22Cl2N4. The van der Waals surface area contributed by atoms with E-state index in [0.29, 0.717) is 34.0 Å². The van der Waals surface area contributed by atoms with E-state index in [0.717, 1.165) is 18.7 Å². The summed E-state index contributed by atoms with van der Waals surface area (Å²) in [5, 5.41) is 7.66. The smallest absolute Gasteiger partial charge is 0.147 e. The molecule has 4 nitrogen and oxygen atoms in total. The first-order chi connectivity index (χ1) is 10.1. The van der Waals surface area contributed by atoms with Gasteiger partial charge in [-0.2, -0.15) is 0 Å². The van der Waals surface area contributed by atoms with Crippen LogP contribution in [-0.4, -0.2) is 42.1 Å². The molecule has 2 unspecified atom stereocenters. The fourth-order valence-electron chi connectivity index (χ4n) is 3.67. The predicted molar refractivity (Wildman–Crippen MR) is 89.6 cm³/mol. The van der Waals surface area contributed by atoms with Gasteiger partial charge in [-0.15, -0.1) is 0 Å². The number of nitrogens with one attached hydrogen (secondary N) is 2. The van der Waals surface area contributed by atoms with Crippen molar-refractivity contribution < 1.29 is 0 Å². The second-order valence-corrected chi connectivity index (χ2v) is 6.93. The van der Waals surface area contributed by atoms with Gasteiger partial charge in [-0.3, -0.25) is 0 Å². The highest BCUT2D eigenvalue weighted by Crippen LogP contribution is 2.35. The van der Waals surface area contributed by atoms with Gasteiger partial charge in [-0.05, 0) is 38.8 Å². The minimum atomic E-state index is 0.437. The Morgan fingerprint density at radius 3 is 2.38 bits per heavy atom. The maximum atomic E-state index is 6.28. The van der Waals surface area contributed by atoms with Crippen molar-refractivity contribution in [2.75, 3.05) is 24.7 Å². The molecule has 0 radical (unpaired) electrons. The van der Waals surface area contributed by atoms with Gasteiger partial charge in [-0.1, -0.05) is 29.6 Å². The molecule has 1 aromatic rings. The van der Waals surface area contributed by atoms with E-state index in [2.05, 4.69) is 27.6 Å². The summed E-state index contributed by atoms with van der Waals surface area (Å²) in [5.41, 5.74) is 0. The molecule has 21 heavy (non-hydrogen) atoms. The molecule has 2 N–H and O–H groups in total. The highest BCUT2D eigenvalue weighted by molar-refractivity contribution is 6.37. The predicted octanol–water partition coefficient (Wildman–Crippen LogP) is 3.86. The molecule has 1 aromatic heterocycles. The fraction of sp³-hybridized carbons (Fsp3) is 0.667. The van der Waals surface area contributed by atoms with Gasteiger partial charge < -0.3 is 15.5 Å². The van der Waals surface area contributed by atoms with E-state index in [9.17, 15) is 0 Å². The molecule has 2 saturated heterocycles. The molecule has 2 aliphatic heterocycles. The van der Waals surface area contributed by atoms with Crippen molar-refractivity contribution in [3.8, 4) is 0 Å². The summed E-state index contributed by atoms with van der Waals surface area (Å²) in [4.78, 5) is 7.05. The Morgan fingerprint density at radius 1 is 1.14 bits per heavy atom. The van der Waals surface area contributed by atoms with Crippen LogP contribution < -0.4 is 10.6 Å². The van der Waals surface area contributed by atoms with Gasteiger partial charge >= 0.3 is 0 Å². The lowest BCUT2D eigenvalue weighted by Gasteiger charge is -2.47. The molecule has 0 aromatic carbocycles. The Hall–Kier alpha value is -0.710. The topological polar surface area (TPSA) is 40.2 Å². The first kappa shape index (κ1) is 15.2. The average Bonchev–Trinajstić information content (AvgIpc) is 2.43. The van der Waals surface area contributed by atoms with Crippen molar-refractivity contribution >= 4 is 34.8 Å². The Bertz CT molecular complexity index is 509. The number of halogens is 2. The number of nitrogens with zero attached hydrogens (tertiary/aromatic N) is 2. The normalized spacial score (nSPS) is 29.2. The number of anilines is 2. The SMILES string of the molecule is CNc1nc(NC2CC3CCCC(C2)N3C)c(Cl)cc1Cl. The molecule has 2 atom stereocenters. The number of fused-ring (bicyclic) bond motifs is 2. The van der Waals surface area contributed by atoms with E-state index >= 15 is 0 Å². The average molecular weight is 329 g/mol. The Labute approximate surface area is 136 Å². The van der Waals surface area contributed by atoms with Gasteiger partial charge in [0.2, 0.25) is 0 Å². The van der Waals surface area contributed by atoms with Crippen LogP contribution in [0.5, 0.6) is 0 Å². The number of hydrogen-bond acceptors (Lipinski definition) is 4. The van der Waals surface area contributed by atoms with Crippen LogP contribution in [-0.2, 0) is 0 Å². The van der Waals surface area contributed by atoms with Gasteiger partial charge in [0.1, 0.15) is 11.6 Å². The molecule has 116 valence electrons. The Balaban J connectivity index is 1.75. The van der Waals surface area contributed by atoms with Gasteiger partial charge in [0.25, 0.3) is 0 Å². The number of hydrogen-bond donors (Lipinski definition) is 2. The van der Waals surface area contributed by atoms with Crippen LogP contribution in [0.25, 0.3) is 0 Å². The third-order valence-electron chi connectivity index (χ3n) is 4.85. The summed E-state index contributed by atoms with van der Waals surface area (Å²) in [6.07, 6.45) is 6.27. The molecule has 0 saturated carbocycles. The Morgan fingerprint density at radius 2 is 1.76 bits per heavy atom. The molecule has 2 fully saturated rings. The molecule has 6 heteroatoms. The largest absolute Gasteiger partial charge is 0.372 e. The zero-order valence-electron chi connectivity index (χ0n) is 12.5. The van der Waals surface area contributed by atoms with Crippen molar-refractivity contribution in [2.24, 2.45) is 0 Å². The second kappa shape index (κ2) is 6.19. The van der Waals surface area contributed by atoms with Gasteiger partial charge in [0, 0.05) is 25.2 Å². The lowest BCUT2D eigenvalue weighted by atomic mass is 9.82. The van der Waals surface area contributed by atoms with Crippen molar-refractivity contribution in [2.45, 2.75) is 50.2 Å². The van der Waals surface area contributed by atoms with Crippen LogP contribution in [0.2, 0.25) is 10.0 Å². The molecule has 2 bridgehead atoms. The number of pyridine rings is 1. The highest BCUT2D eigenvalue weighted by atomic mass is 35.5. The lowest BCUT2D eigenvalue weighted by Crippen LogP contribution is -2.52. The van der Waals surface area contributed by atoms with Crippen LogP contribution in [0.1, 0.15) is 32.1 Å². The summed E-state index contributed by atoms with van der Waals surface area (Å²) >= 11 is 12.4. The van der Waals surface area contributed by atoms with Crippen molar-refractivity contribution in [3.63, 3.8) is 0 Å². The van der Waals surface area contributed by atoms with Gasteiger partial charge in [-0.25, -0.2) is 4.98 Å². The standard InChI is InChI=1S/C15H22Cl2N4/c1-18-14-12(16)8-13(17)15(20-14)19-9-6-10-4-3-5-11(7-9)21(10)2/h8-11H,3-7H2,1-2H3,(H2,18,19,20). The van der Waals surface area contributed by atoms with Crippen LogP contribution in [0.4, 0.5) is 11.6 Å². The van der Waals surface area contributed by atoms with E-state index in [1.165, 1.54) is 19.3 Å². The number of rotatable bonds is 3. The minimum absolute atomic E-state index is 0.437. The van der Waals surface area contributed by atoms with Crippen LogP contribution in [0, 0.1) is 0 Å². The summed E-state index contributed by atoms with van der Waals surface area (Å²) in [5.74, 6) is 1.40. The van der Waals surface area contributed by atoms with Crippen molar-refractivity contribution in [1.29, 1.82) is 0 Å². The minimum Gasteiger partial charge on any atom is -0.372 e. The molecule has 0 amide bonds. The van der Waals surface area contributed by atoms with Gasteiger partial charge in [0.05, 0.1) is 10.0 Å². The van der Waals surface area contributed by atoms with Crippen LogP contribution in [0.15, 0.2) is 6.07 Å². The van der Waals surface area contributed by atoms with Gasteiger partial charge in [0.15, 0.2) is 0 Å². The lowest BCUT2D eigenvalue weighted by molar-refractivity contribution is 0.0608. The quantitative estimate of drug-likeness (QED) is 0.883. The third-order valence-corrected chi connectivity index (χ3v) is 5.42. The number of aromatic nitrogens is 1. The van der Waals surface area contributed by atoms with Crippen molar-refractivity contribution in [1.82, 2.24) is 9.88 Å². The van der Waals surface area contributed by atoms with Crippen LogP contribution >= 0.6 is 23.2 Å². The van der Waals surface area contributed by atoms with Crippen molar-refractivity contribution in [3.05, 3.63) is 16.1 Å². The third kappa shape index (κ3) is 3.08. The van der Waals surface area contributed by atoms with Crippen LogP contribution in [0.3, 0.4) is 0 Å². The molecule has 0 aliphatic carbocycles. The second-order valence-electron chi connectivity index (χ2n) is 6.12. The summed E-state index contributed by atoms with van der Waals surface area (Å²) < 4.78 is 0. The zero-order chi connectivity index (χ0) is 15.0. The van der Waals surface area contributed by atoms with E-state index in [4.69, 9.17) is 23.2 Å².